The zero-order chi connectivity index (χ0) is 11.5. The number of aromatic amines is 1. The van der Waals surface area contributed by atoms with Crippen LogP contribution in [0.3, 0.4) is 0 Å². The van der Waals surface area contributed by atoms with Crippen molar-refractivity contribution in [2.24, 2.45) is 0 Å². The highest BCUT2D eigenvalue weighted by molar-refractivity contribution is 6.30. The lowest BCUT2D eigenvalue weighted by molar-refractivity contribution is -0.142. The van der Waals surface area contributed by atoms with Crippen molar-refractivity contribution in [2.75, 3.05) is 6.61 Å². The highest BCUT2D eigenvalue weighted by atomic mass is 35.5. The van der Waals surface area contributed by atoms with E-state index in [1.165, 1.54) is 0 Å². The minimum absolute atomic E-state index is 0.338. The summed E-state index contributed by atoms with van der Waals surface area (Å²) in [4.78, 5) is 14.6. The van der Waals surface area contributed by atoms with E-state index in [-0.39, 0.29) is 0 Å². The monoisotopic (exact) mass is 237 g/mol. The fourth-order valence-corrected chi connectivity index (χ4v) is 1.89. The van der Waals surface area contributed by atoms with E-state index in [1.54, 1.807) is 13.1 Å². The van der Waals surface area contributed by atoms with Gasteiger partial charge in [0.2, 0.25) is 0 Å². The number of H-pyrrole nitrogens is 1. The maximum atomic E-state index is 11.5. The minimum Gasteiger partial charge on any atom is -0.465 e. The number of fused-ring (bicyclic) bond motifs is 1. The summed E-state index contributed by atoms with van der Waals surface area (Å²) < 4.78 is 4.89. The van der Waals surface area contributed by atoms with E-state index >= 15 is 0 Å². The van der Waals surface area contributed by atoms with Gasteiger partial charge in [0.1, 0.15) is 0 Å². The molecule has 0 saturated heterocycles. The second-order valence-corrected chi connectivity index (χ2v) is 3.84. The Hall–Kier alpha value is -1.48. The number of para-hydroxylation sites is 1. The summed E-state index contributed by atoms with van der Waals surface area (Å²) in [6, 6.07) is 7.70. The van der Waals surface area contributed by atoms with Crippen molar-refractivity contribution < 1.29 is 9.53 Å². The number of rotatable bonds is 3. The van der Waals surface area contributed by atoms with Gasteiger partial charge in [0.25, 0.3) is 0 Å². The van der Waals surface area contributed by atoms with Gasteiger partial charge in [0.05, 0.1) is 6.61 Å². The first-order valence-corrected chi connectivity index (χ1v) is 5.54. The highest BCUT2D eigenvalue weighted by Gasteiger charge is 2.21. The van der Waals surface area contributed by atoms with Crippen molar-refractivity contribution in [3.8, 4) is 0 Å². The average molecular weight is 238 g/mol. The molecule has 1 aromatic carbocycles. The lowest BCUT2D eigenvalue weighted by Crippen LogP contribution is -2.10. The van der Waals surface area contributed by atoms with Crippen molar-refractivity contribution in [3.63, 3.8) is 0 Å². The summed E-state index contributed by atoms with van der Waals surface area (Å²) in [5.74, 6) is -0.408. The average Bonchev–Trinajstić information content (AvgIpc) is 2.72. The van der Waals surface area contributed by atoms with Gasteiger partial charge in [-0.25, -0.2) is 0 Å². The first kappa shape index (κ1) is 11.0. The van der Waals surface area contributed by atoms with Gasteiger partial charge in [-0.1, -0.05) is 18.2 Å². The van der Waals surface area contributed by atoms with E-state index in [9.17, 15) is 4.79 Å². The van der Waals surface area contributed by atoms with Crippen LogP contribution in [0.15, 0.2) is 30.5 Å². The maximum absolute atomic E-state index is 11.5. The van der Waals surface area contributed by atoms with Crippen LogP contribution in [0.5, 0.6) is 0 Å². The van der Waals surface area contributed by atoms with Gasteiger partial charge in [0, 0.05) is 22.7 Å². The minimum atomic E-state index is -0.754. The molecule has 0 aliphatic heterocycles. The van der Waals surface area contributed by atoms with Crippen LogP contribution in [0.25, 0.3) is 10.9 Å². The predicted molar refractivity (Wildman–Crippen MR) is 63.5 cm³/mol. The molecule has 0 radical (unpaired) electrons. The van der Waals surface area contributed by atoms with Crippen LogP contribution in [0.2, 0.25) is 0 Å². The zero-order valence-corrected chi connectivity index (χ0v) is 9.62. The lowest BCUT2D eigenvalue weighted by Gasteiger charge is -2.07. The molecule has 0 saturated carbocycles. The molecule has 16 heavy (non-hydrogen) atoms. The van der Waals surface area contributed by atoms with Crippen molar-refractivity contribution in [3.05, 3.63) is 36.0 Å². The number of carbonyl (C=O) groups excluding carboxylic acids is 1. The van der Waals surface area contributed by atoms with E-state index in [0.29, 0.717) is 6.61 Å². The van der Waals surface area contributed by atoms with E-state index in [4.69, 9.17) is 16.3 Å². The summed E-state index contributed by atoms with van der Waals surface area (Å²) in [7, 11) is 0. The van der Waals surface area contributed by atoms with Crippen LogP contribution in [0.4, 0.5) is 0 Å². The number of hydrogen-bond acceptors (Lipinski definition) is 2. The van der Waals surface area contributed by atoms with Crippen molar-refractivity contribution in [1.82, 2.24) is 4.98 Å². The van der Waals surface area contributed by atoms with Gasteiger partial charge >= 0.3 is 5.97 Å². The third-order valence-corrected chi connectivity index (χ3v) is 2.80. The van der Waals surface area contributed by atoms with Crippen LogP contribution in [-0.4, -0.2) is 17.6 Å². The topological polar surface area (TPSA) is 42.1 Å². The highest BCUT2D eigenvalue weighted by Crippen LogP contribution is 2.29. The van der Waals surface area contributed by atoms with Crippen LogP contribution >= 0.6 is 11.6 Å². The van der Waals surface area contributed by atoms with E-state index in [0.717, 1.165) is 16.5 Å². The maximum Gasteiger partial charge on any atom is 0.328 e. The van der Waals surface area contributed by atoms with Gasteiger partial charge in [-0.2, -0.15) is 0 Å². The summed E-state index contributed by atoms with van der Waals surface area (Å²) in [6.45, 7) is 2.10. The number of nitrogens with one attached hydrogen (secondary N) is 1. The number of alkyl halides is 1. The Morgan fingerprint density at radius 3 is 3.00 bits per heavy atom. The number of hydrogen-bond donors (Lipinski definition) is 1. The largest absolute Gasteiger partial charge is 0.465 e. The molecule has 1 atom stereocenters. The molecular formula is C12H12ClNO2. The molecule has 0 fully saturated rings. The molecule has 0 aliphatic rings. The zero-order valence-electron chi connectivity index (χ0n) is 8.87. The summed E-state index contributed by atoms with van der Waals surface area (Å²) >= 11 is 6.06. The van der Waals surface area contributed by atoms with Crippen LogP contribution in [0.1, 0.15) is 17.9 Å². The van der Waals surface area contributed by atoms with Gasteiger partial charge in [-0.3, -0.25) is 4.79 Å². The molecule has 0 amide bonds. The van der Waals surface area contributed by atoms with Crippen molar-refractivity contribution >= 4 is 28.5 Å². The molecule has 1 heterocycles. The third kappa shape index (κ3) is 1.91. The molecule has 2 rings (SSSR count). The molecule has 0 spiro atoms. The van der Waals surface area contributed by atoms with Gasteiger partial charge < -0.3 is 9.72 Å². The SMILES string of the molecule is CCOC(=O)C(Cl)c1c[nH]c2ccccc12. The van der Waals surface area contributed by atoms with Crippen molar-refractivity contribution in [2.45, 2.75) is 12.3 Å². The second-order valence-electron chi connectivity index (χ2n) is 3.40. The van der Waals surface area contributed by atoms with Gasteiger partial charge in [-0.15, -0.1) is 11.6 Å². The Kier molecular flexibility index (Phi) is 3.15. The van der Waals surface area contributed by atoms with Crippen LogP contribution in [-0.2, 0) is 9.53 Å². The molecule has 2 aromatic rings. The molecular weight excluding hydrogens is 226 g/mol. The summed E-state index contributed by atoms with van der Waals surface area (Å²) in [5.41, 5.74) is 1.73. The van der Waals surface area contributed by atoms with E-state index < -0.39 is 11.3 Å². The fourth-order valence-electron chi connectivity index (χ4n) is 1.65. The molecule has 0 bridgehead atoms. The molecule has 84 valence electrons. The molecule has 1 unspecified atom stereocenters. The number of ether oxygens (including phenoxy) is 1. The number of benzene rings is 1. The van der Waals surface area contributed by atoms with Gasteiger partial charge in [-0.05, 0) is 13.0 Å². The number of aromatic nitrogens is 1. The predicted octanol–water partition coefficient (Wildman–Crippen LogP) is 3.01. The molecule has 0 aliphatic carbocycles. The Morgan fingerprint density at radius 1 is 1.50 bits per heavy atom. The Morgan fingerprint density at radius 2 is 2.25 bits per heavy atom. The lowest BCUT2D eigenvalue weighted by atomic mass is 10.1. The standard InChI is InChI=1S/C12H12ClNO2/c1-2-16-12(15)11(13)9-7-14-10-6-4-3-5-8(9)10/h3-7,11,14H,2H2,1H3. The summed E-state index contributed by atoms with van der Waals surface area (Å²) in [5, 5.41) is 0.201. The number of carbonyl (C=O) groups is 1. The molecule has 1 aromatic heterocycles. The summed E-state index contributed by atoms with van der Waals surface area (Å²) in [6.07, 6.45) is 1.75. The first-order chi connectivity index (χ1) is 7.74. The molecule has 1 N–H and O–H groups in total. The van der Waals surface area contributed by atoms with Crippen LogP contribution < -0.4 is 0 Å². The smallest absolute Gasteiger partial charge is 0.328 e. The quantitative estimate of drug-likeness (QED) is 0.659. The fraction of sp³-hybridized carbons (Fsp3) is 0.250. The first-order valence-electron chi connectivity index (χ1n) is 5.10. The van der Waals surface area contributed by atoms with E-state index in [2.05, 4.69) is 4.98 Å². The molecule has 3 nitrogen and oxygen atoms in total. The Labute approximate surface area is 98.4 Å². The Bertz CT molecular complexity index is 506. The normalized spacial score (nSPS) is 12.6. The van der Waals surface area contributed by atoms with Crippen LogP contribution in [0, 0.1) is 0 Å². The van der Waals surface area contributed by atoms with E-state index in [1.807, 2.05) is 24.3 Å². The number of halogens is 1. The number of esters is 1. The Balaban J connectivity index is 2.36. The molecule has 4 heteroatoms. The third-order valence-electron chi connectivity index (χ3n) is 2.39. The second kappa shape index (κ2) is 4.58. The van der Waals surface area contributed by atoms with Gasteiger partial charge in [0.15, 0.2) is 5.38 Å². The van der Waals surface area contributed by atoms with Crippen molar-refractivity contribution in [1.29, 1.82) is 0 Å².